The molecule has 84 valence electrons. The van der Waals surface area contributed by atoms with Gasteiger partial charge >= 0.3 is 0 Å². The van der Waals surface area contributed by atoms with Crippen LogP contribution in [-0.2, 0) is 11.3 Å². The van der Waals surface area contributed by atoms with E-state index in [9.17, 15) is 0 Å². The third-order valence-corrected chi connectivity index (χ3v) is 2.99. The van der Waals surface area contributed by atoms with Gasteiger partial charge in [0.1, 0.15) is 5.01 Å². The average molecular weight is 234 g/mol. The van der Waals surface area contributed by atoms with Crippen LogP contribution in [0.25, 0.3) is 11.3 Å². The summed E-state index contributed by atoms with van der Waals surface area (Å²) in [7, 11) is 0. The summed E-state index contributed by atoms with van der Waals surface area (Å²) in [6, 6.07) is 7.75. The van der Waals surface area contributed by atoms with Crippen molar-refractivity contribution in [1.82, 2.24) is 4.98 Å². The second-order valence-electron chi connectivity index (χ2n) is 3.39. The van der Waals surface area contributed by atoms with Gasteiger partial charge in [-0.2, -0.15) is 0 Å². The minimum absolute atomic E-state index is 0.587. The molecule has 3 nitrogen and oxygen atoms in total. The highest BCUT2D eigenvalue weighted by molar-refractivity contribution is 7.09. The molecule has 0 fully saturated rings. The van der Waals surface area contributed by atoms with E-state index in [2.05, 4.69) is 4.98 Å². The zero-order valence-corrected chi connectivity index (χ0v) is 9.96. The molecule has 1 heterocycles. The molecular formula is C12H14N2OS. The molecule has 1 aromatic carbocycles. The predicted octanol–water partition coefficient (Wildman–Crippen LogP) is 2.93. The van der Waals surface area contributed by atoms with E-state index in [0.29, 0.717) is 13.2 Å². The van der Waals surface area contributed by atoms with Gasteiger partial charge in [0.2, 0.25) is 0 Å². The Kier molecular flexibility index (Phi) is 3.54. The molecule has 2 rings (SSSR count). The van der Waals surface area contributed by atoms with Gasteiger partial charge in [0.25, 0.3) is 0 Å². The van der Waals surface area contributed by atoms with Crippen LogP contribution in [0, 0.1) is 0 Å². The molecule has 0 atom stereocenters. The highest BCUT2D eigenvalue weighted by Gasteiger charge is 2.04. The molecule has 1 aromatic heterocycles. The summed E-state index contributed by atoms with van der Waals surface area (Å²) >= 11 is 1.61. The first-order chi connectivity index (χ1) is 7.79. The van der Waals surface area contributed by atoms with Crippen molar-refractivity contribution in [2.45, 2.75) is 13.5 Å². The second kappa shape index (κ2) is 5.09. The summed E-state index contributed by atoms with van der Waals surface area (Å²) in [6.45, 7) is 3.28. The van der Waals surface area contributed by atoms with Crippen LogP contribution in [0.2, 0.25) is 0 Å². The molecule has 0 aliphatic rings. The van der Waals surface area contributed by atoms with Crippen molar-refractivity contribution in [1.29, 1.82) is 0 Å². The Morgan fingerprint density at radius 2 is 2.31 bits per heavy atom. The van der Waals surface area contributed by atoms with Crippen molar-refractivity contribution in [3.8, 4) is 11.3 Å². The first-order valence-corrected chi connectivity index (χ1v) is 6.05. The van der Waals surface area contributed by atoms with Gasteiger partial charge in [0, 0.05) is 23.2 Å². The molecule has 4 heteroatoms. The Bertz CT molecular complexity index is 468. The fourth-order valence-electron chi connectivity index (χ4n) is 1.40. The molecule has 0 saturated carbocycles. The topological polar surface area (TPSA) is 48.1 Å². The number of anilines is 1. The Morgan fingerprint density at radius 1 is 1.44 bits per heavy atom. The van der Waals surface area contributed by atoms with E-state index in [1.165, 1.54) is 0 Å². The van der Waals surface area contributed by atoms with Gasteiger partial charge < -0.3 is 10.5 Å². The average Bonchev–Trinajstić information content (AvgIpc) is 2.75. The lowest BCUT2D eigenvalue weighted by molar-refractivity contribution is 0.134. The molecule has 0 amide bonds. The first kappa shape index (κ1) is 11.1. The number of hydrogen-bond acceptors (Lipinski definition) is 4. The van der Waals surface area contributed by atoms with Gasteiger partial charge in [-0.15, -0.1) is 11.3 Å². The van der Waals surface area contributed by atoms with Crippen LogP contribution in [0.4, 0.5) is 5.69 Å². The van der Waals surface area contributed by atoms with Gasteiger partial charge in [-0.05, 0) is 19.1 Å². The van der Waals surface area contributed by atoms with E-state index >= 15 is 0 Å². The number of rotatable bonds is 4. The maximum absolute atomic E-state index is 5.73. The van der Waals surface area contributed by atoms with E-state index in [0.717, 1.165) is 22.0 Å². The number of nitrogens with zero attached hydrogens (tertiary/aromatic N) is 1. The SMILES string of the molecule is CCOCc1nc(-c2cccc(N)c2)cs1. The van der Waals surface area contributed by atoms with Gasteiger partial charge in [0.05, 0.1) is 12.3 Å². The summed E-state index contributed by atoms with van der Waals surface area (Å²) < 4.78 is 5.32. The Hall–Kier alpha value is -1.39. The van der Waals surface area contributed by atoms with E-state index < -0.39 is 0 Å². The first-order valence-electron chi connectivity index (χ1n) is 5.17. The largest absolute Gasteiger partial charge is 0.399 e. The van der Waals surface area contributed by atoms with Crippen LogP contribution >= 0.6 is 11.3 Å². The smallest absolute Gasteiger partial charge is 0.119 e. The van der Waals surface area contributed by atoms with Crippen molar-refractivity contribution in [3.05, 3.63) is 34.7 Å². The van der Waals surface area contributed by atoms with Crippen LogP contribution in [0.1, 0.15) is 11.9 Å². The predicted molar refractivity (Wildman–Crippen MR) is 67.3 cm³/mol. The zero-order chi connectivity index (χ0) is 11.4. The van der Waals surface area contributed by atoms with Gasteiger partial charge in [-0.25, -0.2) is 4.98 Å². The highest BCUT2D eigenvalue weighted by Crippen LogP contribution is 2.23. The van der Waals surface area contributed by atoms with Gasteiger partial charge in [-0.3, -0.25) is 0 Å². The fraction of sp³-hybridized carbons (Fsp3) is 0.250. The third kappa shape index (κ3) is 2.59. The maximum atomic E-state index is 5.73. The zero-order valence-electron chi connectivity index (χ0n) is 9.14. The molecule has 0 aliphatic heterocycles. The van der Waals surface area contributed by atoms with Crippen LogP contribution in [0.15, 0.2) is 29.6 Å². The van der Waals surface area contributed by atoms with Crippen LogP contribution in [0.3, 0.4) is 0 Å². The summed E-state index contributed by atoms with van der Waals surface area (Å²) in [5.41, 5.74) is 8.51. The van der Waals surface area contributed by atoms with Crippen molar-refractivity contribution >= 4 is 17.0 Å². The number of hydrogen-bond donors (Lipinski definition) is 1. The Labute approximate surface area is 98.9 Å². The fourth-order valence-corrected chi connectivity index (χ4v) is 2.14. The standard InChI is InChI=1S/C12H14N2OS/c1-2-15-7-12-14-11(8-16-12)9-4-3-5-10(13)6-9/h3-6,8H,2,7,13H2,1H3. The van der Waals surface area contributed by atoms with E-state index in [-0.39, 0.29) is 0 Å². The summed E-state index contributed by atoms with van der Waals surface area (Å²) in [5.74, 6) is 0. The van der Waals surface area contributed by atoms with Crippen molar-refractivity contribution in [3.63, 3.8) is 0 Å². The molecule has 0 saturated heterocycles. The molecular weight excluding hydrogens is 220 g/mol. The highest BCUT2D eigenvalue weighted by atomic mass is 32.1. The van der Waals surface area contributed by atoms with E-state index in [1.54, 1.807) is 11.3 Å². The Morgan fingerprint density at radius 3 is 3.06 bits per heavy atom. The number of aromatic nitrogens is 1. The van der Waals surface area contributed by atoms with Crippen LogP contribution in [0.5, 0.6) is 0 Å². The van der Waals surface area contributed by atoms with Crippen molar-refractivity contribution in [2.75, 3.05) is 12.3 Å². The molecule has 0 unspecified atom stereocenters. The second-order valence-corrected chi connectivity index (χ2v) is 4.33. The molecule has 0 spiro atoms. The Balaban J connectivity index is 2.18. The van der Waals surface area contributed by atoms with E-state index in [4.69, 9.17) is 10.5 Å². The number of nitrogen functional groups attached to an aromatic ring is 1. The summed E-state index contributed by atoms with van der Waals surface area (Å²) in [5, 5.41) is 3.03. The van der Waals surface area contributed by atoms with Crippen LogP contribution in [-0.4, -0.2) is 11.6 Å². The van der Waals surface area contributed by atoms with Crippen molar-refractivity contribution in [2.24, 2.45) is 0 Å². The van der Waals surface area contributed by atoms with Crippen molar-refractivity contribution < 1.29 is 4.74 Å². The monoisotopic (exact) mass is 234 g/mol. The number of nitrogens with two attached hydrogens (primary N) is 1. The molecule has 0 bridgehead atoms. The normalized spacial score (nSPS) is 10.6. The lowest BCUT2D eigenvalue weighted by Gasteiger charge is -1.98. The molecule has 16 heavy (non-hydrogen) atoms. The minimum atomic E-state index is 0.587. The lowest BCUT2D eigenvalue weighted by Crippen LogP contribution is -1.91. The molecule has 2 aromatic rings. The number of ether oxygens (including phenoxy) is 1. The number of benzene rings is 1. The summed E-state index contributed by atoms with van der Waals surface area (Å²) in [4.78, 5) is 4.50. The van der Waals surface area contributed by atoms with Gasteiger partial charge in [-0.1, -0.05) is 12.1 Å². The van der Waals surface area contributed by atoms with Gasteiger partial charge in [0.15, 0.2) is 0 Å². The summed E-state index contributed by atoms with van der Waals surface area (Å²) in [6.07, 6.45) is 0. The van der Waals surface area contributed by atoms with E-state index in [1.807, 2.05) is 36.6 Å². The van der Waals surface area contributed by atoms with Crippen LogP contribution < -0.4 is 5.73 Å². The number of thiazole rings is 1. The lowest BCUT2D eigenvalue weighted by atomic mass is 10.1. The third-order valence-electron chi connectivity index (χ3n) is 2.16. The maximum Gasteiger partial charge on any atom is 0.119 e. The molecule has 2 N–H and O–H groups in total. The molecule has 0 radical (unpaired) electrons. The quantitative estimate of drug-likeness (QED) is 0.827. The molecule has 0 aliphatic carbocycles. The minimum Gasteiger partial charge on any atom is -0.399 e.